The van der Waals surface area contributed by atoms with Gasteiger partial charge in [-0.25, -0.2) is 0 Å². The van der Waals surface area contributed by atoms with Crippen molar-refractivity contribution in [3.8, 4) is 0 Å². The molecule has 0 N–H and O–H groups in total. The van der Waals surface area contributed by atoms with Crippen LogP contribution in [0, 0.1) is 0 Å². The van der Waals surface area contributed by atoms with Gasteiger partial charge in [0.1, 0.15) is 0 Å². The van der Waals surface area contributed by atoms with E-state index in [2.05, 4.69) is 18.7 Å². The fourth-order valence-corrected chi connectivity index (χ4v) is 3.06. The summed E-state index contributed by atoms with van der Waals surface area (Å²) >= 11 is 0. The van der Waals surface area contributed by atoms with E-state index in [-0.39, 0.29) is 11.8 Å². The average Bonchev–Trinajstić information content (AvgIpc) is 2.67. The van der Waals surface area contributed by atoms with Gasteiger partial charge in [0.25, 0.3) is 0 Å². The quantitative estimate of drug-likeness (QED) is 0.843. The van der Waals surface area contributed by atoms with Crippen molar-refractivity contribution in [1.82, 2.24) is 4.90 Å². The van der Waals surface area contributed by atoms with E-state index in [1.807, 2.05) is 53.4 Å². The predicted molar refractivity (Wildman–Crippen MR) is 96.8 cm³/mol. The van der Waals surface area contributed by atoms with Crippen molar-refractivity contribution in [2.45, 2.75) is 12.3 Å². The first-order valence-electron chi connectivity index (χ1n) is 8.41. The third-order valence-electron chi connectivity index (χ3n) is 4.48. The van der Waals surface area contributed by atoms with E-state index in [9.17, 15) is 4.79 Å². The SMILES string of the molecule is C=Cc1ccc(CC(C(=O)N2CCOCC2)c2ccccc2)cc1. The van der Waals surface area contributed by atoms with Crippen molar-refractivity contribution in [3.05, 3.63) is 77.9 Å². The fourth-order valence-electron chi connectivity index (χ4n) is 3.06. The summed E-state index contributed by atoms with van der Waals surface area (Å²) < 4.78 is 5.38. The predicted octanol–water partition coefficient (Wildman–Crippen LogP) is 3.51. The molecular weight excluding hydrogens is 298 g/mol. The molecule has 1 aliphatic heterocycles. The Hall–Kier alpha value is -2.39. The second-order valence-electron chi connectivity index (χ2n) is 6.05. The van der Waals surface area contributed by atoms with Crippen LogP contribution in [0.25, 0.3) is 6.08 Å². The van der Waals surface area contributed by atoms with Crippen LogP contribution in [0.3, 0.4) is 0 Å². The van der Waals surface area contributed by atoms with Gasteiger partial charge in [-0.3, -0.25) is 4.79 Å². The Morgan fingerprint density at radius 1 is 1.08 bits per heavy atom. The normalized spacial score (nSPS) is 15.8. The van der Waals surface area contributed by atoms with E-state index < -0.39 is 0 Å². The van der Waals surface area contributed by atoms with Gasteiger partial charge in [-0.1, -0.05) is 67.3 Å². The second-order valence-corrected chi connectivity index (χ2v) is 6.05. The van der Waals surface area contributed by atoms with E-state index in [0.717, 1.165) is 16.7 Å². The summed E-state index contributed by atoms with van der Waals surface area (Å²) in [4.78, 5) is 15.0. The van der Waals surface area contributed by atoms with E-state index in [1.54, 1.807) is 0 Å². The van der Waals surface area contributed by atoms with Gasteiger partial charge in [0, 0.05) is 13.1 Å². The van der Waals surface area contributed by atoms with Gasteiger partial charge in [0.05, 0.1) is 19.1 Å². The van der Waals surface area contributed by atoms with Crippen molar-refractivity contribution in [2.24, 2.45) is 0 Å². The number of amides is 1. The largest absolute Gasteiger partial charge is 0.378 e. The van der Waals surface area contributed by atoms with Gasteiger partial charge in [0.2, 0.25) is 5.91 Å². The van der Waals surface area contributed by atoms with Crippen LogP contribution in [0.1, 0.15) is 22.6 Å². The molecule has 1 fully saturated rings. The monoisotopic (exact) mass is 321 g/mol. The van der Waals surface area contributed by atoms with E-state index in [4.69, 9.17) is 4.74 Å². The highest BCUT2D eigenvalue weighted by Gasteiger charge is 2.27. The first-order chi connectivity index (χ1) is 11.8. The summed E-state index contributed by atoms with van der Waals surface area (Å²) in [5.74, 6) is 0.0381. The van der Waals surface area contributed by atoms with Crippen LogP contribution in [0.4, 0.5) is 0 Å². The molecule has 0 aromatic heterocycles. The number of nitrogens with zero attached hydrogens (tertiary/aromatic N) is 1. The molecule has 1 aliphatic rings. The Kier molecular flexibility index (Phi) is 5.44. The van der Waals surface area contributed by atoms with Crippen LogP contribution in [0.2, 0.25) is 0 Å². The molecule has 24 heavy (non-hydrogen) atoms. The second kappa shape index (κ2) is 7.93. The fraction of sp³-hybridized carbons (Fsp3) is 0.286. The lowest BCUT2D eigenvalue weighted by Gasteiger charge is -2.30. The maximum Gasteiger partial charge on any atom is 0.230 e. The molecule has 1 unspecified atom stereocenters. The van der Waals surface area contributed by atoms with Crippen molar-refractivity contribution in [2.75, 3.05) is 26.3 Å². The lowest BCUT2D eigenvalue weighted by atomic mass is 9.90. The third kappa shape index (κ3) is 3.92. The molecular formula is C21H23NO2. The Labute approximate surface area is 143 Å². The van der Waals surface area contributed by atoms with Gasteiger partial charge < -0.3 is 9.64 Å². The molecule has 124 valence electrons. The van der Waals surface area contributed by atoms with Crippen LogP contribution >= 0.6 is 0 Å². The maximum atomic E-state index is 13.1. The summed E-state index contributed by atoms with van der Waals surface area (Å²) in [6.07, 6.45) is 2.54. The van der Waals surface area contributed by atoms with Crippen molar-refractivity contribution < 1.29 is 9.53 Å². The molecule has 1 heterocycles. The van der Waals surface area contributed by atoms with Crippen LogP contribution in [-0.2, 0) is 16.0 Å². The number of benzene rings is 2. The standard InChI is InChI=1S/C21H23NO2/c1-2-17-8-10-18(11-9-17)16-20(19-6-4-3-5-7-19)21(23)22-12-14-24-15-13-22/h2-11,20H,1,12-16H2. The molecule has 3 rings (SSSR count). The third-order valence-corrected chi connectivity index (χ3v) is 4.48. The Morgan fingerprint density at radius 3 is 2.38 bits per heavy atom. The topological polar surface area (TPSA) is 29.5 Å². The van der Waals surface area contributed by atoms with Gasteiger partial charge in [0.15, 0.2) is 0 Å². The number of hydrogen-bond donors (Lipinski definition) is 0. The molecule has 0 saturated carbocycles. The minimum absolute atomic E-state index is 0.154. The van der Waals surface area contributed by atoms with E-state index in [0.29, 0.717) is 32.7 Å². The van der Waals surface area contributed by atoms with Gasteiger partial charge in [-0.05, 0) is 23.1 Å². The molecule has 0 radical (unpaired) electrons. The lowest BCUT2D eigenvalue weighted by molar-refractivity contribution is -0.136. The Balaban J connectivity index is 1.83. The van der Waals surface area contributed by atoms with E-state index >= 15 is 0 Å². The number of morpholine rings is 1. The van der Waals surface area contributed by atoms with Gasteiger partial charge in [-0.15, -0.1) is 0 Å². The number of rotatable bonds is 5. The smallest absolute Gasteiger partial charge is 0.230 e. The highest BCUT2D eigenvalue weighted by Crippen LogP contribution is 2.24. The van der Waals surface area contributed by atoms with Gasteiger partial charge >= 0.3 is 0 Å². The first kappa shape index (κ1) is 16.5. The molecule has 1 atom stereocenters. The van der Waals surface area contributed by atoms with Crippen molar-refractivity contribution in [1.29, 1.82) is 0 Å². The number of ether oxygens (including phenoxy) is 1. The zero-order chi connectivity index (χ0) is 16.8. The Morgan fingerprint density at radius 2 is 1.75 bits per heavy atom. The van der Waals surface area contributed by atoms with Crippen LogP contribution in [0.15, 0.2) is 61.2 Å². The summed E-state index contributed by atoms with van der Waals surface area (Å²) in [5, 5.41) is 0. The van der Waals surface area contributed by atoms with Crippen LogP contribution in [0.5, 0.6) is 0 Å². The summed E-state index contributed by atoms with van der Waals surface area (Å²) in [6, 6.07) is 18.3. The highest BCUT2D eigenvalue weighted by molar-refractivity contribution is 5.84. The van der Waals surface area contributed by atoms with E-state index in [1.165, 1.54) is 0 Å². The number of carbonyl (C=O) groups is 1. The molecule has 0 spiro atoms. The van der Waals surface area contributed by atoms with Crippen molar-refractivity contribution >= 4 is 12.0 Å². The van der Waals surface area contributed by atoms with Gasteiger partial charge in [-0.2, -0.15) is 0 Å². The average molecular weight is 321 g/mol. The number of carbonyl (C=O) groups excluding carboxylic acids is 1. The molecule has 2 aromatic rings. The molecule has 0 aliphatic carbocycles. The maximum absolute atomic E-state index is 13.1. The Bertz CT molecular complexity index is 673. The van der Waals surface area contributed by atoms with Crippen LogP contribution < -0.4 is 0 Å². The highest BCUT2D eigenvalue weighted by atomic mass is 16.5. The minimum atomic E-state index is -0.154. The molecule has 0 bridgehead atoms. The zero-order valence-electron chi connectivity index (χ0n) is 13.9. The molecule has 3 heteroatoms. The zero-order valence-corrected chi connectivity index (χ0v) is 13.9. The number of hydrogen-bond acceptors (Lipinski definition) is 2. The molecule has 2 aromatic carbocycles. The molecule has 3 nitrogen and oxygen atoms in total. The lowest BCUT2D eigenvalue weighted by Crippen LogP contribution is -2.43. The van der Waals surface area contributed by atoms with Crippen molar-refractivity contribution in [3.63, 3.8) is 0 Å². The minimum Gasteiger partial charge on any atom is -0.378 e. The van der Waals surface area contributed by atoms with Crippen LogP contribution in [-0.4, -0.2) is 37.1 Å². The molecule has 1 saturated heterocycles. The molecule has 1 amide bonds. The summed E-state index contributed by atoms with van der Waals surface area (Å²) in [5.41, 5.74) is 3.33. The first-order valence-corrected chi connectivity index (χ1v) is 8.41. The summed E-state index contributed by atoms with van der Waals surface area (Å²) in [7, 11) is 0. The summed E-state index contributed by atoms with van der Waals surface area (Å²) in [6.45, 7) is 6.39.